The van der Waals surface area contributed by atoms with Gasteiger partial charge in [0.2, 0.25) is 0 Å². The summed E-state index contributed by atoms with van der Waals surface area (Å²) in [6.45, 7) is 0. The zero-order valence-electron chi connectivity index (χ0n) is 12.4. The molecular weight excluding hydrogens is 318 g/mol. The molecule has 2 aromatic rings. The smallest absolute Gasteiger partial charge is 0.257 e. The van der Waals surface area contributed by atoms with Gasteiger partial charge in [0.15, 0.2) is 11.6 Å². The van der Waals surface area contributed by atoms with E-state index in [9.17, 15) is 13.6 Å². The number of pyridine rings is 1. The molecule has 120 valence electrons. The van der Waals surface area contributed by atoms with Crippen LogP contribution in [0.15, 0.2) is 28.0 Å². The molecule has 23 heavy (non-hydrogen) atoms. The highest BCUT2D eigenvalue weighted by molar-refractivity contribution is 7.98. The number of rotatable bonds is 4. The van der Waals surface area contributed by atoms with Crippen molar-refractivity contribution in [2.45, 2.75) is 36.5 Å². The fraction of sp³-hybridized carbons (Fsp3) is 0.294. The molecule has 0 bridgehead atoms. The average Bonchev–Trinajstić information content (AvgIpc) is 2.56. The molecule has 0 aliphatic heterocycles. The van der Waals surface area contributed by atoms with Crippen molar-refractivity contribution in [2.75, 3.05) is 0 Å². The Morgan fingerprint density at radius 2 is 1.91 bits per heavy atom. The van der Waals surface area contributed by atoms with Crippen LogP contribution in [0.3, 0.4) is 0 Å². The zero-order valence-corrected chi connectivity index (χ0v) is 13.2. The van der Waals surface area contributed by atoms with E-state index in [-0.39, 0.29) is 5.56 Å². The molecule has 0 saturated carbocycles. The molecule has 1 aromatic carbocycles. The van der Waals surface area contributed by atoms with E-state index >= 15 is 0 Å². The third-order valence-corrected chi connectivity index (χ3v) is 5.17. The van der Waals surface area contributed by atoms with Crippen LogP contribution >= 0.6 is 11.8 Å². The van der Waals surface area contributed by atoms with Crippen molar-refractivity contribution in [1.29, 1.82) is 5.41 Å². The minimum Gasteiger partial charge on any atom is -0.316 e. The molecule has 3 nitrogen and oxygen atoms in total. The van der Waals surface area contributed by atoms with Crippen LogP contribution in [0.25, 0.3) is 0 Å². The number of hydrogen-bond acceptors (Lipinski definition) is 3. The quantitative estimate of drug-likeness (QED) is 0.660. The van der Waals surface area contributed by atoms with Crippen LogP contribution in [-0.4, -0.2) is 11.2 Å². The highest BCUT2D eigenvalue weighted by Crippen LogP contribution is 2.31. The van der Waals surface area contributed by atoms with Crippen molar-refractivity contribution in [3.05, 3.63) is 62.4 Å². The fourth-order valence-electron chi connectivity index (χ4n) is 2.90. The Kier molecular flexibility index (Phi) is 4.61. The van der Waals surface area contributed by atoms with Crippen LogP contribution in [0.5, 0.6) is 0 Å². The molecule has 0 amide bonds. The molecule has 0 atom stereocenters. The maximum absolute atomic E-state index is 13.3. The van der Waals surface area contributed by atoms with E-state index in [1.807, 2.05) is 0 Å². The van der Waals surface area contributed by atoms with Crippen LogP contribution in [0.4, 0.5) is 8.78 Å². The van der Waals surface area contributed by atoms with E-state index in [0.717, 1.165) is 54.1 Å². The number of H-pyrrole nitrogens is 1. The van der Waals surface area contributed by atoms with Crippen molar-refractivity contribution in [3.63, 3.8) is 0 Å². The molecule has 1 aliphatic carbocycles. The first kappa shape index (κ1) is 15.9. The van der Waals surface area contributed by atoms with Gasteiger partial charge in [0.05, 0.1) is 10.6 Å². The normalized spacial score (nSPS) is 13.7. The van der Waals surface area contributed by atoms with Gasteiger partial charge < -0.3 is 10.4 Å². The molecule has 0 saturated heterocycles. The number of aromatic amines is 1. The van der Waals surface area contributed by atoms with Gasteiger partial charge in [-0.2, -0.15) is 0 Å². The number of benzene rings is 1. The monoisotopic (exact) mass is 334 g/mol. The average molecular weight is 334 g/mol. The lowest BCUT2D eigenvalue weighted by molar-refractivity contribution is 0.507. The molecule has 0 spiro atoms. The van der Waals surface area contributed by atoms with E-state index in [1.54, 1.807) is 6.07 Å². The van der Waals surface area contributed by atoms with Gasteiger partial charge in [0, 0.05) is 12.0 Å². The third kappa shape index (κ3) is 3.22. The number of nitrogens with one attached hydrogen (secondary N) is 2. The van der Waals surface area contributed by atoms with Gasteiger partial charge in [-0.25, -0.2) is 8.78 Å². The van der Waals surface area contributed by atoms with Gasteiger partial charge in [-0.05, 0) is 54.5 Å². The van der Waals surface area contributed by atoms with Gasteiger partial charge in [0.1, 0.15) is 0 Å². The minimum absolute atomic E-state index is 0.256. The molecule has 0 fully saturated rings. The lowest BCUT2D eigenvalue weighted by Crippen LogP contribution is -2.21. The summed E-state index contributed by atoms with van der Waals surface area (Å²) in [6, 6.07) is 3.84. The first-order chi connectivity index (χ1) is 11.1. The van der Waals surface area contributed by atoms with E-state index in [0.29, 0.717) is 16.9 Å². The van der Waals surface area contributed by atoms with Crippen molar-refractivity contribution < 1.29 is 8.78 Å². The molecule has 1 aliphatic rings. The zero-order chi connectivity index (χ0) is 16.4. The molecule has 1 heterocycles. The van der Waals surface area contributed by atoms with Crippen molar-refractivity contribution in [1.82, 2.24) is 4.98 Å². The molecule has 0 radical (unpaired) electrons. The highest BCUT2D eigenvalue weighted by atomic mass is 32.2. The minimum atomic E-state index is -0.863. The predicted octanol–water partition coefficient (Wildman–Crippen LogP) is 3.82. The second kappa shape index (κ2) is 6.66. The summed E-state index contributed by atoms with van der Waals surface area (Å²) in [5.41, 5.74) is 2.89. The summed E-state index contributed by atoms with van der Waals surface area (Å²) in [5.74, 6) is -1.28. The number of thioether (sulfide) groups is 1. The molecular formula is C17H16F2N2OS. The number of hydrogen-bond donors (Lipinski definition) is 2. The van der Waals surface area contributed by atoms with Crippen LogP contribution in [-0.2, 0) is 18.6 Å². The SMILES string of the molecule is N=Cc1c2c(c(SCc3ccc(F)c(F)c3)[nH]c1=O)CCCC2. The summed E-state index contributed by atoms with van der Waals surface area (Å²) in [7, 11) is 0. The van der Waals surface area contributed by atoms with Gasteiger partial charge in [-0.3, -0.25) is 4.79 Å². The molecule has 1 aromatic heterocycles. The van der Waals surface area contributed by atoms with Crippen molar-refractivity contribution in [2.24, 2.45) is 0 Å². The van der Waals surface area contributed by atoms with E-state index in [4.69, 9.17) is 5.41 Å². The number of fused-ring (bicyclic) bond motifs is 1. The second-order valence-electron chi connectivity index (χ2n) is 5.54. The topological polar surface area (TPSA) is 56.7 Å². The van der Waals surface area contributed by atoms with Gasteiger partial charge in [-0.15, -0.1) is 11.8 Å². The molecule has 3 rings (SSSR count). The Morgan fingerprint density at radius 3 is 2.61 bits per heavy atom. The fourth-order valence-corrected chi connectivity index (χ4v) is 3.95. The second-order valence-corrected chi connectivity index (χ2v) is 6.53. The Balaban J connectivity index is 1.91. The first-order valence-electron chi connectivity index (χ1n) is 7.45. The summed E-state index contributed by atoms with van der Waals surface area (Å²) >= 11 is 1.42. The molecule has 6 heteroatoms. The Labute approximate surface area is 136 Å². The van der Waals surface area contributed by atoms with Crippen LogP contribution in [0.2, 0.25) is 0 Å². The predicted molar refractivity (Wildman–Crippen MR) is 87.5 cm³/mol. The lowest BCUT2D eigenvalue weighted by Gasteiger charge is -2.20. The van der Waals surface area contributed by atoms with Gasteiger partial charge in [0.25, 0.3) is 5.56 Å². The molecule has 2 N–H and O–H groups in total. The maximum atomic E-state index is 13.3. The lowest BCUT2D eigenvalue weighted by atomic mass is 9.90. The van der Waals surface area contributed by atoms with Gasteiger partial charge >= 0.3 is 0 Å². The molecule has 0 unspecified atom stereocenters. The maximum Gasteiger partial charge on any atom is 0.257 e. The number of aromatic nitrogens is 1. The largest absolute Gasteiger partial charge is 0.316 e. The van der Waals surface area contributed by atoms with Crippen LogP contribution in [0.1, 0.15) is 35.1 Å². The van der Waals surface area contributed by atoms with E-state index < -0.39 is 11.6 Å². The van der Waals surface area contributed by atoms with E-state index in [2.05, 4.69) is 4.98 Å². The summed E-state index contributed by atoms with van der Waals surface area (Å²) in [6.07, 6.45) is 4.86. The summed E-state index contributed by atoms with van der Waals surface area (Å²) in [4.78, 5) is 15.0. The van der Waals surface area contributed by atoms with E-state index in [1.165, 1.54) is 17.8 Å². The van der Waals surface area contributed by atoms with Crippen molar-refractivity contribution >= 4 is 18.0 Å². The van der Waals surface area contributed by atoms with Crippen LogP contribution in [0, 0.1) is 17.0 Å². The van der Waals surface area contributed by atoms with Crippen molar-refractivity contribution in [3.8, 4) is 0 Å². The Bertz CT molecular complexity index is 817. The highest BCUT2D eigenvalue weighted by Gasteiger charge is 2.19. The summed E-state index contributed by atoms with van der Waals surface area (Å²) in [5, 5.41) is 8.22. The standard InChI is InChI=1S/C17H16F2N2OS/c18-14-6-5-10(7-15(14)19)9-23-17-12-4-2-1-3-11(12)13(8-20)16(22)21-17/h5-8,20H,1-4,9H2,(H,21,22). The number of halogens is 2. The third-order valence-electron chi connectivity index (χ3n) is 4.05. The first-order valence-corrected chi connectivity index (χ1v) is 8.44. The summed E-state index contributed by atoms with van der Waals surface area (Å²) < 4.78 is 26.2. The van der Waals surface area contributed by atoms with Crippen LogP contribution < -0.4 is 5.56 Å². The Hall–Kier alpha value is -1.95. The van der Waals surface area contributed by atoms with Gasteiger partial charge in [-0.1, -0.05) is 6.07 Å². The Morgan fingerprint density at radius 1 is 1.17 bits per heavy atom.